The summed E-state index contributed by atoms with van der Waals surface area (Å²) in [5, 5.41) is 13.5. The summed E-state index contributed by atoms with van der Waals surface area (Å²) >= 11 is 0. The highest BCUT2D eigenvalue weighted by Gasteiger charge is 2.11. The summed E-state index contributed by atoms with van der Waals surface area (Å²) in [6.07, 6.45) is 1.69. The molecule has 4 aromatic rings. The Labute approximate surface area is 198 Å². The fourth-order valence-electron chi connectivity index (χ4n) is 3.75. The highest BCUT2D eigenvalue weighted by molar-refractivity contribution is 5.81. The molecule has 0 atom stereocenters. The number of aromatic hydroxyl groups is 1. The van der Waals surface area contributed by atoms with Crippen molar-refractivity contribution in [2.75, 3.05) is 31.6 Å². The minimum atomic E-state index is -0.172. The molecule has 8 heteroatoms. The predicted molar refractivity (Wildman–Crippen MR) is 135 cm³/mol. The van der Waals surface area contributed by atoms with Crippen LogP contribution in [0, 0.1) is 0 Å². The van der Waals surface area contributed by atoms with E-state index in [1.165, 1.54) is 4.57 Å². The van der Waals surface area contributed by atoms with Crippen LogP contribution in [0.1, 0.15) is 13.8 Å². The van der Waals surface area contributed by atoms with Gasteiger partial charge in [-0.2, -0.15) is 4.98 Å². The predicted octanol–water partition coefficient (Wildman–Crippen LogP) is 4.17. The first-order valence-corrected chi connectivity index (χ1v) is 11.4. The molecule has 4 rings (SSSR count). The summed E-state index contributed by atoms with van der Waals surface area (Å²) in [6, 6.07) is 16.0. The van der Waals surface area contributed by atoms with Gasteiger partial charge >= 0.3 is 0 Å². The molecule has 0 spiro atoms. The Morgan fingerprint density at radius 1 is 1.06 bits per heavy atom. The maximum Gasteiger partial charge on any atom is 0.259 e. The number of fused-ring (bicyclic) bond motifs is 1. The van der Waals surface area contributed by atoms with E-state index in [9.17, 15) is 9.90 Å². The van der Waals surface area contributed by atoms with E-state index in [1.54, 1.807) is 43.6 Å². The van der Waals surface area contributed by atoms with Gasteiger partial charge in [0.15, 0.2) is 0 Å². The van der Waals surface area contributed by atoms with Crippen molar-refractivity contribution in [3.8, 4) is 22.6 Å². The number of aromatic nitrogens is 3. The van der Waals surface area contributed by atoms with Crippen molar-refractivity contribution in [2.24, 2.45) is 7.05 Å². The third kappa shape index (κ3) is 5.18. The van der Waals surface area contributed by atoms with Crippen LogP contribution in [0.2, 0.25) is 0 Å². The average Bonchev–Trinajstić information content (AvgIpc) is 2.86. The highest BCUT2D eigenvalue weighted by atomic mass is 16.5. The zero-order chi connectivity index (χ0) is 24.1. The van der Waals surface area contributed by atoms with E-state index in [0.29, 0.717) is 23.8 Å². The summed E-state index contributed by atoms with van der Waals surface area (Å²) in [6.45, 7) is 7.85. The van der Waals surface area contributed by atoms with Crippen LogP contribution in [0.25, 0.3) is 22.2 Å². The van der Waals surface area contributed by atoms with E-state index in [0.717, 1.165) is 42.0 Å². The second-order valence-electron chi connectivity index (χ2n) is 7.97. The van der Waals surface area contributed by atoms with Gasteiger partial charge in [0.05, 0.1) is 0 Å². The molecule has 2 heterocycles. The summed E-state index contributed by atoms with van der Waals surface area (Å²) in [5.74, 6) is 1.36. The molecule has 34 heavy (non-hydrogen) atoms. The summed E-state index contributed by atoms with van der Waals surface area (Å²) in [5.41, 5.74) is 2.43. The van der Waals surface area contributed by atoms with Gasteiger partial charge in [-0.25, -0.2) is 4.98 Å². The molecule has 0 fully saturated rings. The molecular weight excluding hydrogens is 430 g/mol. The van der Waals surface area contributed by atoms with Crippen LogP contribution in [-0.4, -0.2) is 50.8 Å². The molecule has 0 bridgehead atoms. The Kier molecular flexibility index (Phi) is 7.08. The molecule has 0 radical (unpaired) electrons. The van der Waals surface area contributed by atoms with Gasteiger partial charge in [0.25, 0.3) is 5.56 Å². The molecule has 2 N–H and O–H groups in total. The fraction of sp³-hybridized carbons (Fsp3) is 0.269. The Hall–Kier alpha value is -3.91. The standard InChI is InChI=1S/C26H29N5O3/c1-4-31(5-2)14-15-34-22-12-8-20(9-13-22)28-26-27-17-19-16-23(18-6-10-21(32)11-7-18)25(33)30(3)24(19)29-26/h6-13,16-17,32H,4-5,14-15H2,1-3H3,(H,27,28,29). The van der Waals surface area contributed by atoms with E-state index >= 15 is 0 Å². The molecule has 0 unspecified atom stereocenters. The smallest absolute Gasteiger partial charge is 0.259 e. The lowest BCUT2D eigenvalue weighted by molar-refractivity contribution is 0.223. The Balaban J connectivity index is 1.50. The van der Waals surface area contributed by atoms with Gasteiger partial charge in [0.2, 0.25) is 5.95 Å². The van der Waals surface area contributed by atoms with Crippen LogP contribution in [-0.2, 0) is 7.05 Å². The van der Waals surface area contributed by atoms with E-state index in [1.807, 2.05) is 24.3 Å². The van der Waals surface area contributed by atoms with Crippen LogP contribution in [0.4, 0.5) is 11.6 Å². The number of phenols is 1. The van der Waals surface area contributed by atoms with Crippen LogP contribution in [0.5, 0.6) is 11.5 Å². The second kappa shape index (κ2) is 10.4. The van der Waals surface area contributed by atoms with Crippen molar-refractivity contribution in [3.63, 3.8) is 0 Å². The largest absolute Gasteiger partial charge is 0.508 e. The lowest BCUT2D eigenvalue weighted by Gasteiger charge is -2.18. The van der Waals surface area contributed by atoms with Crippen molar-refractivity contribution in [3.05, 3.63) is 71.1 Å². The molecule has 2 aromatic heterocycles. The van der Waals surface area contributed by atoms with Gasteiger partial charge in [-0.1, -0.05) is 26.0 Å². The summed E-state index contributed by atoms with van der Waals surface area (Å²) < 4.78 is 7.34. The number of pyridine rings is 1. The molecule has 0 saturated heterocycles. The van der Waals surface area contributed by atoms with Crippen LogP contribution < -0.4 is 15.6 Å². The Morgan fingerprint density at radius 3 is 2.44 bits per heavy atom. The lowest BCUT2D eigenvalue weighted by atomic mass is 10.1. The monoisotopic (exact) mass is 459 g/mol. The van der Waals surface area contributed by atoms with Crippen molar-refractivity contribution in [2.45, 2.75) is 13.8 Å². The van der Waals surface area contributed by atoms with Crippen LogP contribution >= 0.6 is 0 Å². The zero-order valence-electron chi connectivity index (χ0n) is 19.7. The molecule has 176 valence electrons. The summed E-state index contributed by atoms with van der Waals surface area (Å²) in [4.78, 5) is 24.2. The minimum absolute atomic E-state index is 0.152. The van der Waals surface area contributed by atoms with Gasteiger partial charge in [-0.05, 0) is 61.1 Å². The van der Waals surface area contributed by atoms with Crippen LogP contribution in [0.3, 0.4) is 0 Å². The van der Waals surface area contributed by atoms with Crippen molar-refractivity contribution in [1.82, 2.24) is 19.4 Å². The topological polar surface area (TPSA) is 92.5 Å². The number of anilines is 2. The van der Waals surface area contributed by atoms with Gasteiger partial charge in [0, 0.05) is 36.4 Å². The third-order valence-electron chi connectivity index (χ3n) is 5.81. The molecular formula is C26H29N5O3. The quantitative estimate of drug-likeness (QED) is 0.388. The van der Waals surface area contributed by atoms with E-state index in [2.05, 4.69) is 34.0 Å². The van der Waals surface area contributed by atoms with Crippen molar-refractivity contribution in [1.29, 1.82) is 0 Å². The third-order valence-corrected chi connectivity index (χ3v) is 5.81. The number of ether oxygens (including phenoxy) is 1. The fourth-order valence-corrected chi connectivity index (χ4v) is 3.75. The first-order chi connectivity index (χ1) is 16.5. The molecule has 0 saturated carbocycles. The van der Waals surface area contributed by atoms with E-state index in [-0.39, 0.29) is 11.3 Å². The summed E-state index contributed by atoms with van der Waals surface area (Å²) in [7, 11) is 1.69. The van der Waals surface area contributed by atoms with Crippen LogP contribution in [0.15, 0.2) is 65.6 Å². The number of nitrogens with one attached hydrogen (secondary N) is 1. The number of nitrogens with zero attached hydrogens (tertiary/aromatic N) is 4. The number of aryl methyl sites for hydroxylation is 1. The number of hydrogen-bond donors (Lipinski definition) is 2. The number of benzene rings is 2. The molecule has 0 aliphatic carbocycles. The molecule has 0 aliphatic heterocycles. The van der Waals surface area contributed by atoms with E-state index in [4.69, 9.17) is 4.74 Å². The van der Waals surface area contributed by atoms with Crippen molar-refractivity contribution >= 4 is 22.7 Å². The first kappa shape index (κ1) is 23.3. The Bertz CT molecular complexity index is 1310. The normalized spacial score (nSPS) is 11.2. The first-order valence-electron chi connectivity index (χ1n) is 11.4. The molecule has 0 amide bonds. The molecule has 2 aromatic carbocycles. The van der Waals surface area contributed by atoms with Gasteiger partial charge in [-0.15, -0.1) is 0 Å². The number of likely N-dealkylation sites (N-methyl/N-ethyl adjacent to an activating group) is 1. The van der Waals surface area contributed by atoms with Gasteiger partial charge in [-0.3, -0.25) is 9.36 Å². The minimum Gasteiger partial charge on any atom is -0.508 e. The number of hydrogen-bond acceptors (Lipinski definition) is 7. The molecule has 8 nitrogen and oxygen atoms in total. The maximum atomic E-state index is 12.9. The Morgan fingerprint density at radius 2 is 1.76 bits per heavy atom. The van der Waals surface area contributed by atoms with E-state index < -0.39 is 0 Å². The van der Waals surface area contributed by atoms with Gasteiger partial charge in [0.1, 0.15) is 23.8 Å². The van der Waals surface area contributed by atoms with Gasteiger partial charge < -0.3 is 20.1 Å². The number of phenolic OH excluding ortho intramolecular Hbond substituents is 1. The molecule has 0 aliphatic rings. The highest BCUT2D eigenvalue weighted by Crippen LogP contribution is 2.23. The SMILES string of the molecule is CCN(CC)CCOc1ccc(Nc2ncc3cc(-c4ccc(O)cc4)c(=O)n(C)c3n2)cc1. The second-order valence-corrected chi connectivity index (χ2v) is 7.97. The lowest BCUT2D eigenvalue weighted by Crippen LogP contribution is -2.27. The maximum absolute atomic E-state index is 12.9. The van der Waals surface area contributed by atoms with Crippen molar-refractivity contribution < 1.29 is 9.84 Å². The average molecular weight is 460 g/mol. The zero-order valence-corrected chi connectivity index (χ0v) is 19.7. The number of rotatable bonds is 9.